The molecule has 0 saturated carbocycles. The molecule has 2 aromatic heterocycles. The number of pyridine rings is 1. The minimum Gasteiger partial charge on any atom is -0.388 e. The van der Waals surface area contributed by atoms with Crippen molar-refractivity contribution in [2.45, 2.75) is 18.9 Å². The predicted octanol–water partition coefficient (Wildman–Crippen LogP) is 2.80. The quantitative estimate of drug-likeness (QED) is 0.742. The van der Waals surface area contributed by atoms with Crippen LogP contribution in [0.5, 0.6) is 0 Å². The minimum absolute atomic E-state index is 0.341. The topological polar surface area (TPSA) is 72.0 Å². The molecule has 0 bridgehead atoms. The van der Waals surface area contributed by atoms with Crippen molar-refractivity contribution in [3.05, 3.63) is 66.3 Å². The number of aliphatic hydroxyl groups excluding tert-OH is 1. The number of aliphatic hydroxyl groups is 1. The van der Waals surface area contributed by atoms with E-state index in [9.17, 15) is 5.11 Å². The number of fused-ring (bicyclic) bond motifs is 1. The average Bonchev–Trinajstić information content (AvgIpc) is 3.20. The lowest BCUT2D eigenvalue weighted by molar-refractivity contribution is 0.180. The monoisotopic (exact) mass is 281 g/mol. The molecule has 21 heavy (non-hydrogen) atoms. The molecule has 0 radical (unpaired) electrons. The summed E-state index contributed by atoms with van der Waals surface area (Å²) in [4.78, 5) is 7.81. The van der Waals surface area contributed by atoms with E-state index in [0.29, 0.717) is 5.82 Å². The van der Waals surface area contributed by atoms with Gasteiger partial charge in [-0.15, -0.1) is 0 Å². The smallest absolute Gasteiger partial charge is 0.214 e. The molecule has 1 N–H and O–H groups in total. The van der Waals surface area contributed by atoms with Crippen molar-refractivity contribution >= 4 is 0 Å². The average molecular weight is 281 g/mol. The highest BCUT2D eigenvalue weighted by Crippen LogP contribution is 2.36. The first-order valence-corrected chi connectivity index (χ1v) is 6.78. The van der Waals surface area contributed by atoms with Gasteiger partial charge in [-0.05, 0) is 36.1 Å². The largest absolute Gasteiger partial charge is 0.388 e. The van der Waals surface area contributed by atoms with Crippen molar-refractivity contribution < 1.29 is 9.63 Å². The number of nitrogens with zero attached hydrogens (tertiary/aromatic N) is 3. The van der Waals surface area contributed by atoms with E-state index >= 15 is 0 Å². The summed E-state index contributed by atoms with van der Waals surface area (Å²) >= 11 is 0. The summed E-state index contributed by atoms with van der Waals surface area (Å²) in [6.07, 6.45) is 6.14. The maximum Gasteiger partial charge on any atom is 0.214 e. The maximum absolute atomic E-state index is 9.74. The molecular formula is C16H15N3O2. The lowest BCUT2D eigenvalue weighted by atomic mass is 10.0. The Balaban J connectivity index is 0.000000186. The van der Waals surface area contributed by atoms with Crippen molar-refractivity contribution in [1.82, 2.24) is 15.1 Å². The Hall–Kier alpha value is -2.53. The van der Waals surface area contributed by atoms with E-state index < -0.39 is 0 Å². The molecule has 1 aliphatic carbocycles. The fraction of sp³-hybridized carbons (Fsp3) is 0.188. The molecule has 0 spiro atoms. The van der Waals surface area contributed by atoms with E-state index in [1.54, 1.807) is 12.4 Å². The standard InChI is InChI=1S/C11H10N2O2.C5H5N/c14-10-5-4-7-8(10)2-1-3-9(7)11-12-6-15-13-11;1-2-4-6-5-3-1/h1-3,6,10,14H,4-5H2;1-5H. The van der Waals surface area contributed by atoms with E-state index in [1.807, 2.05) is 36.4 Å². The van der Waals surface area contributed by atoms with E-state index in [-0.39, 0.29) is 6.10 Å². The molecule has 106 valence electrons. The fourth-order valence-electron chi connectivity index (χ4n) is 2.44. The van der Waals surface area contributed by atoms with Crippen LogP contribution in [-0.4, -0.2) is 20.2 Å². The van der Waals surface area contributed by atoms with Gasteiger partial charge in [0.25, 0.3) is 0 Å². The Morgan fingerprint density at radius 2 is 1.95 bits per heavy atom. The second kappa shape index (κ2) is 6.28. The van der Waals surface area contributed by atoms with Crippen molar-refractivity contribution in [1.29, 1.82) is 0 Å². The number of aromatic nitrogens is 3. The summed E-state index contributed by atoms with van der Waals surface area (Å²) in [5.41, 5.74) is 3.11. The van der Waals surface area contributed by atoms with Crippen molar-refractivity contribution in [3.8, 4) is 11.4 Å². The van der Waals surface area contributed by atoms with Crippen molar-refractivity contribution in [2.24, 2.45) is 0 Å². The molecule has 0 aliphatic heterocycles. The summed E-state index contributed by atoms with van der Waals surface area (Å²) < 4.78 is 4.73. The van der Waals surface area contributed by atoms with Gasteiger partial charge in [0.1, 0.15) is 0 Å². The molecular weight excluding hydrogens is 266 g/mol. The minimum atomic E-state index is -0.341. The van der Waals surface area contributed by atoms with Gasteiger partial charge in [0.2, 0.25) is 12.2 Å². The van der Waals surface area contributed by atoms with Crippen LogP contribution in [0.25, 0.3) is 11.4 Å². The number of hydrogen-bond acceptors (Lipinski definition) is 5. The highest BCUT2D eigenvalue weighted by atomic mass is 16.5. The van der Waals surface area contributed by atoms with Crippen LogP contribution in [-0.2, 0) is 6.42 Å². The third kappa shape index (κ3) is 2.98. The molecule has 0 amide bonds. The van der Waals surface area contributed by atoms with Gasteiger partial charge in [-0.1, -0.05) is 29.4 Å². The Bertz CT molecular complexity index is 657. The van der Waals surface area contributed by atoms with Crippen LogP contribution < -0.4 is 0 Å². The number of hydrogen-bond donors (Lipinski definition) is 1. The molecule has 3 aromatic rings. The highest BCUT2D eigenvalue weighted by Gasteiger charge is 2.23. The molecule has 1 atom stereocenters. The molecule has 2 heterocycles. The van der Waals surface area contributed by atoms with Crippen LogP contribution in [0.3, 0.4) is 0 Å². The van der Waals surface area contributed by atoms with Crippen molar-refractivity contribution in [3.63, 3.8) is 0 Å². The lowest BCUT2D eigenvalue weighted by Crippen LogP contribution is -1.92. The predicted molar refractivity (Wildman–Crippen MR) is 77.3 cm³/mol. The first-order chi connectivity index (χ1) is 10.4. The van der Waals surface area contributed by atoms with Gasteiger partial charge >= 0.3 is 0 Å². The first kappa shape index (κ1) is 13.5. The number of rotatable bonds is 1. The van der Waals surface area contributed by atoms with Gasteiger partial charge in [-0.25, -0.2) is 0 Å². The molecule has 4 rings (SSSR count). The van der Waals surface area contributed by atoms with E-state index in [4.69, 9.17) is 4.52 Å². The zero-order valence-electron chi connectivity index (χ0n) is 11.4. The van der Waals surface area contributed by atoms with Crippen LogP contribution in [0.1, 0.15) is 23.7 Å². The van der Waals surface area contributed by atoms with Gasteiger partial charge in [0.05, 0.1) is 6.10 Å². The van der Waals surface area contributed by atoms with Crippen LogP contribution in [0.15, 0.2) is 59.7 Å². The second-order valence-corrected chi connectivity index (χ2v) is 4.71. The molecule has 5 heteroatoms. The fourth-order valence-corrected chi connectivity index (χ4v) is 2.44. The number of benzene rings is 1. The van der Waals surface area contributed by atoms with E-state index in [1.165, 1.54) is 6.39 Å². The summed E-state index contributed by atoms with van der Waals surface area (Å²) in [5.74, 6) is 0.598. The SMILES string of the molecule is OC1CCc2c(-c3ncon3)cccc21.c1ccncc1. The third-order valence-corrected chi connectivity index (χ3v) is 3.41. The highest BCUT2D eigenvalue weighted by molar-refractivity contribution is 5.63. The maximum atomic E-state index is 9.74. The van der Waals surface area contributed by atoms with E-state index in [0.717, 1.165) is 29.5 Å². The van der Waals surface area contributed by atoms with Gasteiger partial charge in [0, 0.05) is 18.0 Å². The van der Waals surface area contributed by atoms with Crippen LogP contribution >= 0.6 is 0 Å². The van der Waals surface area contributed by atoms with Crippen LogP contribution in [0.4, 0.5) is 0 Å². The van der Waals surface area contributed by atoms with Gasteiger partial charge in [-0.2, -0.15) is 4.98 Å². The van der Waals surface area contributed by atoms with E-state index in [2.05, 4.69) is 15.1 Å². The Morgan fingerprint density at radius 3 is 2.57 bits per heavy atom. The Kier molecular flexibility index (Phi) is 4.02. The van der Waals surface area contributed by atoms with Crippen molar-refractivity contribution in [2.75, 3.05) is 0 Å². The zero-order valence-corrected chi connectivity index (χ0v) is 11.4. The molecule has 1 aliphatic rings. The molecule has 0 fully saturated rings. The van der Waals surface area contributed by atoms with Crippen LogP contribution in [0, 0.1) is 0 Å². The molecule has 0 saturated heterocycles. The first-order valence-electron chi connectivity index (χ1n) is 6.78. The summed E-state index contributed by atoms with van der Waals surface area (Å²) in [7, 11) is 0. The normalized spacial score (nSPS) is 16.0. The molecule has 1 aromatic carbocycles. The second-order valence-electron chi connectivity index (χ2n) is 4.71. The third-order valence-electron chi connectivity index (χ3n) is 3.41. The van der Waals surface area contributed by atoms with Gasteiger partial charge in [-0.3, -0.25) is 4.98 Å². The van der Waals surface area contributed by atoms with Gasteiger partial charge in [0.15, 0.2) is 0 Å². The summed E-state index contributed by atoms with van der Waals surface area (Å²) in [5, 5.41) is 13.6. The van der Waals surface area contributed by atoms with Gasteiger partial charge < -0.3 is 9.63 Å². The Labute approximate surface area is 122 Å². The summed E-state index contributed by atoms with van der Waals surface area (Å²) in [6, 6.07) is 11.5. The zero-order chi connectivity index (χ0) is 14.5. The lowest BCUT2D eigenvalue weighted by Gasteiger charge is -2.05. The summed E-state index contributed by atoms with van der Waals surface area (Å²) in [6.45, 7) is 0. The molecule has 5 nitrogen and oxygen atoms in total. The molecule has 1 unspecified atom stereocenters. The Morgan fingerprint density at radius 1 is 1.10 bits per heavy atom. The van der Waals surface area contributed by atoms with Crippen LogP contribution in [0.2, 0.25) is 0 Å².